The van der Waals surface area contributed by atoms with E-state index in [0.717, 1.165) is 30.4 Å². The van der Waals surface area contributed by atoms with E-state index in [4.69, 9.17) is 10.3 Å². The van der Waals surface area contributed by atoms with E-state index >= 15 is 0 Å². The van der Waals surface area contributed by atoms with Crippen LogP contribution in [-0.2, 0) is 5.75 Å². The van der Waals surface area contributed by atoms with Crippen LogP contribution < -0.4 is 5.73 Å². The highest BCUT2D eigenvalue weighted by Crippen LogP contribution is 2.38. The zero-order chi connectivity index (χ0) is 10.7. The zero-order valence-electron chi connectivity index (χ0n) is 8.98. The molecule has 0 spiro atoms. The summed E-state index contributed by atoms with van der Waals surface area (Å²) in [5, 5.41) is 3.97. The van der Waals surface area contributed by atoms with E-state index in [1.54, 1.807) is 11.8 Å². The Kier molecular flexibility index (Phi) is 3.64. The van der Waals surface area contributed by atoms with Crippen molar-refractivity contribution in [3.8, 4) is 0 Å². The van der Waals surface area contributed by atoms with Crippen LogP contribution in [-0.4, -0.2) is 22.9 Å². The maximum atomic E-state index is 5.73. The van der Waals surface area contributed by atoms with Gasteiger partial charge in [-0.3, -0.25) is 0 Å². The van der Waals surface area contributed by atoms with Crippen molar-refractivity contribution in [2.24, 2.45) is 11.7 Å². The summed E-state index contributed by atoms with van der Waals surface area (Å²) in [7, 11) is 0. The fourth-order valence-electron chi connectivity index (χ4n) is 2.25. The highest BCUT2D eigenvalue weighted by atomic mass is 32.2. The topological polar surface area (TPSA) is 64.9 Å². The van der Waals surface area contributed by atoms with E-state index in [1.165, 1.54) is 12.8 Å². The molecule has 2 atom stereocenters. The molecule has 0 saturated heterocycles. The second kappa shape index (κ2) is 4.99. The van der Waals surface area contributed by atoms with Crippen molar-refractivity contribution in [1.29, 1.82) is 0 Å². The highest BCUT2D eigenvalue weighted by molar-refractivity contribution is 7.97. The van der Waals surface area contributed by atoms with E-state index < -0.39 is 0 Å². The van der Waals surface area contributed by atoms with Crippen LogP contribution in [0.5, 0.6) is 0 Å². The maximum absolute atomic E-state index is 5.73. The van der Waals surface area contributed by atoms with E-state index in [0.29, 0.717) is 11.8 Å². The van der Waals surface area contributed by atoms with Crippen molar-refractivity contribution < 1.29 is 4.52 Å². The molecule has 0 aromatic carbocycles. The molecule has 84 valence electrons. The van der Waals surface area contributed by atoms with E-state index in [-0.39, 0.29) is 0 Å². The minimum atomic E-state index is 0.401. The lowest BCUT2D eigenvalue weighted by molar-refractivity contribution is 0.324. The maximum Gasteiger partial charge on any atom is 0.230 e. The van der Waals surface area contributed by atoms with Gasteiger partial charge in [0.25, 0.3) is 0 Å². The van der Waals surface area contributed by atoms with E-state index in [9.17, 15) is 0 Å². The van der Waals surface area contributed by atoms with Gasteiger partial charge in [-0.2, -0.15) is 16.7 Å². The summed E-state index contributed by atoms with van der Waals surface area (Å²) < 4.78 is 5.30. The second-order valence-electron chi connectivity index (χ2n) is 4.02. The first-order valence-electron chi connectivity index (χ1n) is 5.36. The fraction of sp³-hybridized carbons (Fsp3) is 0.800. The fourth-order valence-corrected chi connectivity index (χ4v) is 2.63. The van der Waals surface area contributed by atoms with Crippen molar-refractivity contribution in [2.75, 3.05) is 12.8 Å². The number of hydrogen-bond donors (Lipinski definition) is 1. The molecule has 0 bridgehead atoms. The Morgan fingerprint density at radius 1 is 1.53 bits per heavy atom. The van der Waals surface area contributed by atoms with Gasteiger partial charge in [0.1, 0.15) is 0 Å². The molecule has 15 heavy (non-hydrogen) atoms. The first-order chi connectivity index (χ1) is 7.35. The average molecular weight is 227 g/mol. The molecule has 1 aromatic heterocycles. The summed E-state index contributed by atoms with van der Waals surface area (Å²) >= 11 is 1.71. The van der Waals surface area contributed by atoms with Gasteiger partial charge >= 0.3 is 0 Å². The number of nitrogens with zero attached hydrogens (tertiary/aromatic N) is 2. The predicted octanol–water partition coefficient (Wildman–Crippen LogP) is 1.77. The number of rotatable bonds is 4. The van der Waals surface area contributed by atoms with Crippen LogP contribution >= 0.6 is 11.8 Å². The van der Waals surface area contributed by atoms with Gasteiger partial charge in [0.15, 0.2) is 5.82 Å². The lowest BCUT2D eigenvalue weighted by Gasteiger charge is -2.12. The number of aromatic nitrogens is 2. The summed E-state index contributed by atoms with van der Waals surface area (Å²) in [5.74, 6) is 3.36. The standard InChI is InChI=1S/C10H17N3OS/c1-15-6-9-12-10(14-13-9)8-4-2-3-7(8)5-11/h7-8H,2-6,11H2,1H3. The Bertz CT molecular complexity index is 315. The van der Waals surface area contributed by atoms with Crippen molar-refractivity contribution in [1.82, 2.24) is 10.1 Å². The lowest BCUT2D eigenvalue weighted by Crippen LogP contribution is -2.17. The molecule has 2 rings (SSSR count). The van der Waals surface area contributed by atoms with Crippen LogP contribution in [0.1, 0.15) is 36.9 Å². The van der Waals surface area contributed by atoms with Crippen LogP contribution in [0.15, 0.2) is 4.52 Å². The Hall–Kier alpha value is -0.550. The normalized spacial score (nSPS) is 26.0. The molecule has 2 unspecified atom stereocenters. The summed E-state index contributed by atoms with van der Waals surface area (Å²) in [6.07, 6.45) is 5.60. The van der Waals surface area contributed by atoms with E-state index in [1.807, 2.05) is 6.26 Å². The first kappa shape index (κ1) is 11.0. The lowest BCUT2D eigenvalue weighted by atomic mass is 9.96. The quantitative estimate of drug-likeness (QED) is 0.849. The largest absolute Gasteiger partial charge is 0.339 e. The van der Waals surface area contributed by atoms with Gasteiger partial charge in [-0.05, 0) is 31.6 Å². The summed E-state index contributed by atoms with van der Waals surface area (Å²) in [6.45, 7) is 0.727. The third-order valence-corrected chi connectivity index (χ3v) is 3.58. The smallest absolute Gasteiger partial charge is 0.230 e. The molecule has 1 fully saturated rings. The van der Waals surface area contributed by atoms with Gasteiger partial charge in [0.2, 0.25) is 5.89 Å². The monoisotopic (exact) mass is 227 g/mol. The third kappa shape index (κ3) is 2.34. The Balaban J connectivity index is 2.07. The van der Waals surface area contributed by atoms with Crippen molar-refractivity contribution >= 4 is 11.8 Å². The molecular formula is C10H17N3OS. The minimum absolute atomic E-state index is 0.401. The van der Waals surface area contributed by atoms with Gasteiger partial charge in [-0.25, -0.2) is 0 Å². The van der Waals surface area contributed by atoms with Crippen molar-refractivity contribution in [3.05, 3.63) is 11.7 Å². The van der Waals surface area contributed by atoms with Crippen molar-refractivity contribution in [2.45, 2.75) is 30.9 Å². The predicted molar refractivity (Wildman–Crippen MR) is 60.7 cm³/mol. The zero-order valence-corrected chi connectivity index (χ0v) is 9.80. The highest BCUT2D eigenvalue weighted by Gasteiger charge is 2.31. The van der Waals surface area contributed by atoms with E-state index in [2.05, 4.69) is 10.1 Å². The SMILES string of the molecule is CSCc1noc(C2CCCC2CN)n1. The van der Waals surface area contributed by atoms with Crippen LogP contribution in [0.4, 0.5) is 0 Å². The molecule has 1 heterocycles. The van der Waals surface area contributed by atoms with Crippen LogP contribution in [0.25, 0.3) is 0 Å². The van der Waals surface area contributed by atoms with Gasteiger partial charge in [-0.1, -0.05) is 11.6 Å². The molecule has 1 aliphatic carbocycles. The van der Waals surface area contributed by atoms with Crippen LogP contribution in [0.3, 0.4) is 0 Å². The molecule has 2 N–H and O–H groups in total. The number of nitrogens with two attached hydrogens (primary N) is 1. The van der Waals surface area contributed by atoms with Gasteiger partial charge < -0.3 is 10.3 Å². The van der Waals surface area contributed by atoms with Crippen LogP contribution in [0.2, 0.25) is 0 Å². The first-order valence-corrected chi connectivity index (χ1v) is 6.76. The summed E-state index contributed by atoms with van der Waals surface area (Å²) in [5.41, 5.74) is 5.73. The third-order valence-electron chi connectivity index (χ3n) is 3.04. The molecular weight excluding hydrogens is 210 g/mol. The minimum Gasteiger partial charge on any atom is -0.339 e. The molecule has 4 nitrogen and oxygen atoms in total. The molecule has 1 saturated carbocycles. The van der Waals surface area contributed by atoms with Crippen LogP contribution in [0, 0.1) is 5.92 Å². The Morgan fingerprint density at radius 2 is 2.40 bits per heavy atom. The summed E-state index contributed by atoms with van der Waals surface area (Å²) in [4.78, 5) is 4.43. The molecule has 1 aromatic rings. The molecule has 0 amide bonds. The number of hydrogen-bond acceptors (Lipinski definition) is 5. The molecule has 5 heteroatoms. The Morgan fingerprint density at radius 3 is 3.13 bits per heavy atom. The van der Waals surface area contributed by atoms with Gasteiger partial charge in [0.05, 0.1) is 5.75 Å². The molecule has 1 aliphatic rings. The molecule has 0 aliphatic heterocycles. The Labute approximate surface area is 94.0 Å². The average Bonchev–Trinajstić information content (AvgIpc) is 2.84. The second-order valence-corrected chi connectivity index (χ2v) is 4.88. The van der Waals surface area contributed by atoms with Gasteiger partial charge in [0, 0.05) is 5.92 Å². The summed E-state index contributed by atoms with van der Waals surface area (Å²) in [6, 6.07) is 0. The van der Waals surface area contributed by atoms with Crippen molar-refractivity contribution in [3.63, 3.8) is 0 Å². The van der Waals surface area contributed by atoms with Gasteiger partial charge in [-0.15, -0.1) is 0 Å². The molecule has 0 radical (unpaired) electrons. The number of thioether (sulfide) groups is 1.